The van der Waals surface area contributed by atoms with Crippen molar-refractivity contribution in [2.24, 2.45) is 0 Å². The number of nitrogens with one attached hydrogen (secondary N) is 1. The van der Waals surface area contributed by atoms with Crippen molar-refractivity contribution in [2.45, 2.75) is 36.6 Å². The fourth-order valence-corrected chi connectivity index (χ4v) is 4.58. The molecule has 0 saturated carbocycles. The molecule has 4 rings (SSSR count). The van der Waals surface area contributed by atoms with Crippen molar-refractivity contribution in [3.05, 3.63) is 82.9 Å². The molecule has 1 heterocycles. The van der Waals surface area contributed by atoms with Gasteiger partial charge in [-0.3, -0.25) is 4.79 Å². The van der Waals surface area contributed by atoms with Gasteiger partial charge in [0.05, 0.1) is 16.6 Å². The summed E-state index contributed by atoms with van der Waals surface area (Å²) < 4.78 is 38.5. The topological polar surface area (TPSA) is 66.0 Å². The molecule has 0 bridgehead atoms. The smallest absolute Gasteiger partial charge is 0.416 e. The summed E-state index contributed by atoms with van der Waals surface area (Å²) in [6.07, 6.45) is -3.76. The van der Waals surface area contributed by atoms with Crippen LogP contribution < -0.4 is 0 Å². The number of aryl methyl sites for hydroxylation is 2. The summed E-state index contributed by atoms with van der Waals surface area (Å²) in [6, 6.07) is 16.8. The lowest BCUT2D eigenvalue weighted by Crippen LogP contribution is -2.04. The van der Waals surface area contributed by atoms with Crippen molar-refractivity contribution in [2.75, 3.05) is 0 Å². The number of rotatable bonds is 7. The second-order valence-corrected chi connectivity index (χ2v) is 8.79. The highest BCUT2D eigenvalue weighted by Gasteiger charge is 2.30. The predicted molar refractivity (Wildman–Crippen MR) is 123 cm³/mol. The maximum atomic E-state index is 12.8. The summed E-state index contributed by atoms with van der Waals surface area (Å²) in [5, 5.41) is 8.88. The molecule has 8 heteroatoms. The van der Waals surface area contributed by atoms with Crippen LogP contribution in [0.3, 0.4) is 0 Å². The number of carbonyl (C=O) groups is 1. The summed E-state index contributed by atoms with van der Waals surface area (Å²) >= 11 is 1.65. The molecule has 0 aliphatic carbocycles. The Balaban J connectivity index is 1.52. The Bertz CT molecular complexity index is 1300. The highest BCUT2D eigenvalue weighted by molar-refractivity contribution is 7.98. The number of para-hydroxylation sites is 1. The number of H-pyrrole nitrogens is 1. The van der Waals surface area contributed by atoms with Gasteiger partial charge < -0.3 is 10.1 Å². The van der Waals surface area contributed by atoms with Crippen LogP contribution in [-0.4, -0.2) is 21.0 Å². The zero-order chi connectivity index (χ0) is 23.6. The van der Waals surface area contributed by atoms with E-state index in [4.69, 9.17) is 5.11 Å². The van der Waals surface area contributed by atoms with E-state index < -0.39 is 17.7 Å². The number of aliphatic carboxylic acids is 1. The number of thioether (sulfide) groups is 1. The molecule has 2 N–H and O–H groups in total. The third kappa shape index (κ3) is 5.39. The zero-order valence-corrected chi connectivity index (χ0v) is 18.6. The van der Waals surface area contributed by atoms with Crippen LogP contribution in [0, 0.1) is 6.92 Å². The van der Waals surface area contributed by atoms with Gasteiger partial charge in [0.2, 0.25) is 0 Å². The number of carboxylic acids is 1. The van der Waals surface area contributed by atoms with Crippen molar-refractivity contribution < 1.29 is 23.1 Å². The summed E-state index contributed by atoms with van der Waals surface area (Å²) in [5.74, 6) is 0.383. The molecule has 0 unspecified atom stereocenters. The molecule has 1 aromatic heterocycles. The van der Waals surface area contributed by atoms with Gasteiger partial charge in [-0.15, -0.1) is 11.8 Å². The van der Waals surface area contributed by atoms with Crippen LogP contribution >= 0.6 is 11.8 Å². The van der Waals surface area contributed by atoms with Crippen molar-refractivity contribution in [3.8, 4) is 11.4 Å². The van der Waals surface area contributed by atoms with Crippen molar-refractivity contribution in [3.63, 3.8) is 0 Å². The molecule has 33 heavy (non-hydrogen) atoms. The van der Waals surface area contributed by atoms with Crippen LogP contribution in [0.5, 0.6) is 0 Å². The number of hydrogen-bond donors (Lipinski definition) is 2. The molecule has 0 aliphatic rings. The van der Waals surface area contributed by atoms with Gasteiger partial charge in [0.25, 0.3) is 0 Å². The molecule has 4 nitrogen and oxygen atoms in total. The third-order valence-corrected chi connectivity index (χ3v) is 6.44. The maximum Gasteiger partial charge on any atom is 0.416 e. The van der Waals surface area contributed by atoms with Gasteiger partial charge in [-0.05, 0) is 60.4 Å². The summed E-state index contributed by atoms with van der Waals surface area (Å²) in [6.45, 7) is 1.98. The second kappa shape index (κ2) is 9.31. The minimum Gasteiger partial charge on any atom is -0.481 e. The van der Waals surface area contributed by atoms with E-state index in [1.165, 1.54) is 12.1 Å². The lowest BCUT2D eigenvalue weighted by molar-refractivity contribution is -0.138. The number of carboxylic acid groups (broad SMARTS) is 1. The number of alkyl halides is 3. The normalized spacial score (nSPS) is 11.8. The molecule has 0 radical (unpaired) electrons. The van der Waals surface area contributed by atoms with E-state index in [2.05, 4.69) is 16.0 Å². The van der Waals surface area contributed by atoms with Gasteiger partial charge in [-0.1, -0.05) is 30.3 Å². The molecule has 0 fully saturated rings. The molecular weight excluding hydrogens is 449 g/mol. The van der Waals surface area contributed by atoms with Crippen molar-refractivity contribution in [1.82, 2.24) is 9.97 Å². The third-order valence-electron chi connectivity index (χ3n) is 5.40. The summed E-state index contributed by atoms with van der Waals surface area (Å²) in [4.78, 5) is 19.7. The lowest BCUT2D eigenvalue weighted by Gasteiger charge is -2.08. The average Bonchev–Trinajstić information content (AvgIpc) is 3.21. The average molecular weight is 471 g/mol. The fraction of sp³-hybridized carbons (Fsp3) is 0.200. The van der Waals surface area contributed by atoms with E-state index in [0.29, 0.717) is 23.6 Å². The first-order valence-electron chi connectivity index (χ1n) is 10.3. The SMILES string of the molecule is Cc1cc(SCc2cccc3[nH]c(-c4ccc(C(F)(F)F)cc4)nc23)ccc1CCC(=O)O. The molecule has 170 valence electrons. The van der Waals surface area contributed by atoms with E-state index in [1.807, 2.05) is 37.3 Å². The maximum absolute atomic E-state index is 12.8. The number of aromatic amines is 1. The number of benzene rings is 3. The number of fused-ring (bicyclic) bond motifs is 1. The first kappa shape index (κ1) is 22.9. The van der Waals surface area contributed by atoms with Crippen LogP contribution in [0.2, 0.25) is 0 Å². The number of nitrogens with zero attached hydrogens (tertiary/aromatic N) is 1. The van der Waals surface area contributed by atoms with E-state index in [-0.39, 0.29) is 6.42 Å². The summed E-state index contributed by atoms with van der Waals surface area (Å²) in [7, 11) is 0. The van der Waals surface area contributed by atoms with Gasteiger partial charge in [0.15, 0.2) is 0 Å². The van der Waals surface area contributed by atoms with Crippen LogP contribution in [0.1, 0.15) is 28.7 Å². The van der Waals surface area contributed by atoms with Crippen molar-refractivity contribution in [1.29, 1.82) is 0 Å². The summed E-state index contributed by atoms with van der Waals surface area (Å²) in [5.41, 5.74) is 4.60. The van der Waals surface area contributed by atoms with Crippen LogP contribution in [0.15, 0.2) is 65.6 Å². The van der Waals surface area contributed by atoms with Crippen LogP contribution in [-0.2, 0) is 23.1 Å². The van der Waals surface area contributed by atoms with Gasteiger partial charge in [0, 0.05) is 22.6 Å². The monoisotopic (exact) mass is 470 g/mol. The molecule has 3 aromatic carbocycles. The van der Waals surface area contributed by atoms with Crippen LogP contribution in [0.25, 0.3) is 22.4 Å². The second-order valence-electron chi connectivity index (χ2n) is 7.74. The molecule has 0 atom stereocenters. The number of aromatic nitrogens is 2. The fourth-order valence-electron chi connectivity index (χ4n) is 3.60. The highest BCUT2D eigenvalue weighted by Crippen LogP contribution is 2.32. The number of halogens is 3. The Morgan fingerprint density at radius 1 is 1.06 bits per heavy atom. The quantitative estimate of drug-likeness (QED) is 0.289. The lowest BCUT2D eigenvalue weighted by atomic mass is 10.0. The minimum absolute atomic E-state index is 0.107. The Morgan fingerprint density at radius 2 is 1.82 bits per heavy atom. The molecular formula is C25H21F3N2O2S. The minimum atomic E-state index is -4.37. The molecule has 0 aliphatic heterocycles. The van der Waals surface area contributed by atoms with Gasteiger partial charge in [-0.2, -0.15) is 13.2 Å². The Labute approximate surface area is 192 Å². The van der Waals surface area contributed by atoms with Crippen LogP contribution in [0.4, 0.5) is 13.2 Å². The van der Waals surface area contributed by atoms with E-state index >= 15 is 0 Å². The Kier molecular flexibility index (Phi) is 6.47. The van der Waals surface area contributed by atoms with E-state index in [9.17, 15) is 18.0 Å². The molecule has 4 aromatic rings. The molecule has 0 amide bonds. The first-order chi connectivity index (χ1) is 15.7. The number of hydrogen-bond acceptors (Lipinski definition) is 3. The van der Waals surface area contributed by atoms with E-state index in [0.717, 1.165) is 44.8 Å². The Morgan fingerprint density at radius 3 is 2.48 bits per heavy atom. The largest absolute Gasteiger partial charge is 0.481 e. The van der Waals surface area contributed by atoms with Gasteiger partial charge >= 0.3 is 12.1 Å². The zero-order valence-electron chi connectivity index (χ0n) is 17.7. The highest BCUT2D eigenvalue weighted by atomic mass is 32.2. The predicted octanol–water partition coefficient (Wildman–Crippen LogP) is 6.87. The molecule has 0 saturated heterocycles. The standard InChI is InChI=1S/C25H21F3N2O2S/c1-15-13-20(11-7-16(15)8-12-22(31)32)33-14-18-3-2-4-21-23(18)30-24(29-21)17-5-9-19(10-6-17)25(26,27)28/h2-7,9-11,13H,8,12,14H2,1H3,(H,29,30)(H,31,32). The van der Waals surface area contributed by atoms with E-state index in [1.54, 1.807) is 11.8 Å². The first-order valence-corrected chi connectivity index (χ1v) is 11.3. The van der Waals surface area contributed by atoms with Crippen molar-refractivity contribution >= 4 is 28.8 Å². The van der Waals surface area contributed by atoms with Gasteiger partial charge in [0.1, 0.15) is 5.82 Å². The Hall–Kier alpha value is -3.26. The number of imidazole rings is 1. The molecule has 0 spiro atoms. The van der Waals surface area contributed by atoms with Gasteiger partial charge in [-0.25, -0.2) is 4.98 Å².